The lowest BCUT2D eigenvalue weighted by atomic mass is 9.84. The van der Waals surface area contributed by atoms with Crippen molar-refractivity contribution in [1.82, 2.24) is 15.5 Å². The smallest absolute Gasteiger partial charge is 0.315 e. The largest absolute Gasteiger partial charge is 0.497 e. The number of amides is 3. The van der Waals surface area contributed by atoms with E-state index >= 15 is 0 Å². The number of ether oxygens (including phenoxy) is 1. The van der Waals surface area contributed by atoms with Crippen LogP contribution in [0.15, 0.2) is 54.6 Å². The predicted octanol–water partition coefficient (Wildman–Crippen LogP) is 4.10. The molecule has 3 amide bonds. The van der Waals surface area contributed by atoms with Crippen molar-refractivity contribution in [3.05, 3.63) is 65.7 Å². The fourth-order valence-electron chi connectivity index (χ4n) is 4.02. The number of carbonyl (C=O) groups is 2. The third kappa shape index (κ3) is 7.31. The maximum Gasteiger partial charge on any atom is 0.315 e. The van der Waals surface area contributed by atoms with E-state index in [1.807, 2.05) is 66.5 Å². The van der Waals surface area contributed by atoms with E-state index in [9.17, 15) is 9.59 Å². The second-order valence-electron chi connectivity index (χ2n) is 8.33. The number of rotatable bonds is 8. The fourth-order valence-corrected chi connectivity index (χ4v) is 4.02. The van der Waals surface area contributed by atoms with Crippen LogP contribution in [0.25, 0.3) is 0 Å². The molecule has 31 heavy (non-hydrogen) atoms. The Labute approximate surface area is 185 Å². The van der Waals surface area contributed by atoms with E-state index in [0.717, 1.165) is 42.6 Å². The van der Waals surface area contributed by atoms with Gasteiger partial charge in [0.2, 0.25) is 5.91 Å². The minimum atomic E-state index is -0.141. The van der Waals surface area contributed by atoms with Crippen molar-refractivity contribution in [2.45, 2.75) is 51.2 Å². The molecule has 1 saturated carbocycles. The van der Waals surface area contributed by atoms with Crippen molar-refractivity contribution < 1.29 is 14.3 Å². The monoisotopic (exact) mass is 423 g/mol. The summed E-state index contributed by atoms with van der Waals surface area (Å²) in [5, 5.41) is 5.98. The molecule has 6 heteroatoms. The highest BCUT2D eigenvalue weighted by Gasteiger charge is 2.25. The maximum absolute atomic E-state index is 12.6. The minimum Gasteiger partial charge on any atom is -0.497 e. The zero-order chi connectivity index (χ0) is 22.1. The number of nitrogens with zero attached hydrogens (tertiary/aromatic N) is 1. The van der Waals surface area contributed by atoms with Gasteiger partial charge in [0.1, 0.15) is 5.75 Å². The van der Waals surface area contributed by atoms with Crippen molar-refractivity contribution in [2.75, 3.05) is 14.2 Å². The number of carbonyl (C=O) groups excluding carboxylic acids is 2. The molecule has 0 aromatic heterocycles. The molecule has 1 aliphatic carbocycles. The number of hydrogen-bond donors (Lipinski definition) is 2. The third-order valence-corrected chi connectivity index (χ3v) is 5.95. The summed E-state index contributed by atoms with van der Waals surface area (Å²) in [6, 6.07) is 17.7. The summed E-state index contributed by atoms with van der Waals surface area (Å²) < 4.78 is 5.14. The summed E-state index contributed by atoms with van der Waals surface area (Å²) in [7, 11) is 3.50. The first-order valence-electron chi connectivity index (χ1n) is 11.0. The lowest BCUT2D eigenvalue weighted by Gasteiger charge is -2.30. The molecular weight excluding hydrogens is 390 g/mol. The van der Waals surface area contributed by atoms with Crippen LogP contribution in [-0.4, -0.2) is 37.0 Å². The average Bonchev–Trinajstić information content (AvgIpc) is 2.80. The summed E-state index contributed by atoms with van der Waals surface area (Å²) in [4.78, 5) is 26.6. The second kappa shape index (κ2) is 11.4. The Bertz CT molecular complexity index is 831. The molecule has 0 bridgehead atoms. The number of methoxy groups -OCH3 is 1. The van der Waals surface area contributed by atoms with Gasteiger partial charge in [0, 0.05) is 32.6 Å². The summed E-state index contributed by atoms with van der Waals surface area (Å²) in [6.45, 7) is 1.12. The van der Waals surface area contributed by atoms with E-state index in [1.165, 1.54) is 0 Å². The highest BCUT2D eigenvalue weighted by molar-refractivity contribution is 5.76. The van der Waals surface area contributed by atoms with Crippen molar-refractivity contribution in [3.8, 4) is 5.75 Å². The predicted molar refractivity (Wildman–Crippen MR) is 122 cm³/mol. The first-order chi connectivity index (χ1) is 15.0. The number of hydrogen-bond acceptors (Lipinski definition) is 3. The van der Waals surface area contributed by atoms with Gasteiger partial charge in [-0.2, -0.15) is 0 Å². The van der Waals surface area contributed by atoms with Gasteiger partial charge in [-0.05, 0) is 54.9 Å². The Balaban J connectivity index is 1.34. The second-order valence-corrected chi connectivity index (χ2v) is 8.33. The molecule has 6 nitrogen and oxygen atoms in total. The van der Waals surface area contributed by atoms with E-state index in [0.29, 0.717) is 25.4 Å². The fraction of sp³-hybridized carbons (Fsp3) is 0.440. The summed E-state index contributed by atoms with van der Waals surface area (Å²) in [5.74, 6) is 1.39. The highest BCUT2D eigenvalue weighted by Crippen LogP contribution is 2.27. The highest BCUT2D eigenvalue weighted by atomic mass is 16.5. The molecule has 0 aliphatic heterocycles. The van der Waals surface area contributed by atoms with Gasteiger partial charge in [-0.1, -0.05) is 42.5 Å². The molecule has 0 atom stereocenters. The van der Waals surface area contributed by atoms with Crippen LogP contribution in [0.5, 0.6) is 5.75 Å². The molecule has 2 aromatic rings. The number of urea groups is 1. The first-order valence-corrected chi connectivity index (χ1v) is 11.0. The van der Waals surface area contributed by atoms with Crippen molar-refractivity contribution >= 4 is 11.9 Å². The van der Waals surface area contributed by atoms with Gasteiger partial charge in [-0.3, -0.25) is 4.79 Å². The molecule has 0 heterocycles. The van der Waals surface area contributed by atoms with Crippen LogP contribution in [0.2, 0.25) is 0 Å². The normalized spacial score (nSPS) is 18.1. The van der Waals surface area contributed by atoms with Crippen molar-refractivity contribution in [3.63, 3.8) is 0 Å². The summed E-state index contributed by atoms with van der Waals surface area (Å²) in [5.41, 5.74) is 2.17. The third-order valence-electron chi connectivity index (χ3n) is 5.95. The van der Waals surface area contributed by atoms with Crippen LogP contribution in [0.4, 0.5) is 4.79 Å². The molecule has 1 fully saturated rings. The molecule has 3 rings (SSSR count). The molecule has 1 aliphatic rings. The van der Waals surface area contributed by atoms with E-state index in [2.05, 4.69) is 10.6 Å². The standard InChI is InChI=1S/C25H33N3O3/c1-28(18-21-6-4-3-5-7-21)24(29)16-19-8-12-22(13-9-19)27-25(30)26-17-20-10-14-23(31-2)15-11-20/h3-7,10-11,14-15,19,22H,8-9,12-13,16-18H2,1-2H3,(H2,26,27,30). The van der Waals surface area contributed by atoms with Crippen LogP contribution < -0.4 is 15.4 Å². The quantitative estimate of drug-likeness (QED) is 0.672. The Morgan fingerprint density at radius 3 is 2.29 bits per heavy atom. The lowest BCUT2D eigenvalue weighted by Crippen LogP contribution is -2.43. The molecule has 2 N–H and O–H groups in total. The van der Waals surface area contributed by atoms with Crippen LogP contribution in [0.1, 0.15) is 43.2 Å². The lowest BCUT2D eigenvalue weighted by molar-refractivity contribution is -0.131. The van der Waals surface area contributed by atoms with Crippen LogP contribution in [-0.2, 0) is 17.9 Å². The van der Waals surface area contributed by atoms with Crippen LogP contribution in [0, 0.1) is 5.92 Å². The SMILES string of the molecule is COc1ccc(CNC(=O)NC2CCC(CC(=O)N(C)Cc3ccccc3)CC2)cc1. The van der Waals surface area contributed by atoms with Gasteiger partial charge in [-0.25, -0.2) is 4.79 Å². The Kier molecular flexibility index (Phi) is 8.33. The van der Waals surface area contributed by atoms with Crippen LogP contribution >= 0.6 is 0 Å². The van der Waals surface area contributed by atoms with Gasteiger partial charge >= 0.3 is 6.03 Å². The number of benzene rings is 2. The first kappa shape index (κ1) is 22.7. The van der Waals surface area contributed by atoms with Crippen molar-refractivity contribution in [2.24, 2.45) is 5.92 Å². The van der Waals surface area contributed by atoms with Gasteiger partial charge in [0.05, 0.1) is 7.11 Å². The zero-order valence-electron chi connectivity index (χ0n) is 18.5. The van der Waals surface area contributed by atoms with E-state index in [1.54, 1.807) is 7.11 Å². The minimum absolute atomic E-state index is 0.141. The molecule has 0 radical (unpaired) electrons. The number of nitrogens with one attached hydrogen (secondary N) is 2. The molecule has 2 aromatic carbocycles. The molecular formula is C25H33N3O3. The van der Waals surface area contributed by atoms with Gasteiger partial charge in [-0.15, -0.1) is 0 Å². The maximum atomic E-state index is 12.6. The summed E-state index contributed by atoms with van der Waals surface area (Å²) >= 11 is 0. The zero-order valence-corrected chi connectivity index (χ0v) is 18.5. The van der Waals surface area contributed by atoms with E-state index < -0.39 is 0 Å². The molecule has 0 saturated heterocycles. The van der Waals surface area contributed by atoms with Gasteiger partial charge in [0.15, 0.2) is 0 Å². The molecule has 166 valence electrons. The van der Waals surface area contributed by atoms with Crippen LogP contribution in [0.3, 0.4) is 0 Å². The van der Waals surface area contributed by atoms with Gasteiger partial charge in [0.25, 0.3) is 0 Å². The van der Waals surface area contributed by atoms with E-state index in [-0.39, 0.29) is 18.0 Å². The summed E-state index contributed by atoms with van der Waals surface area (Å²) in [6.07, 6.45) is 4.34. The topological polar surface area (TPSA) is 70.7 Å². The Morgan fingerprint density at radius 1 is 0.968 bits per heavy atom. The average molecular weight is 424 g/mol. The molecule has 0 unspecified atom stereocenters. The van der Waals surface area contributed by atoms with Gasteiger partial charge < -0.3 is 20.3 Å². The Morgan fingerprint density at radius 2 is 1.65 bits per heavy atom. The molecule has 0 spiro atoms. The van der Waals surface area contributed by atoms with Crippen molar-refractivity contribution in [1.29, 1.82) is 0 Å². The van der Waals surface area contributed by atoms with E-state index in [4.69, 9.17) is 4.74 Å². The Hall–Kier alpha value is -3.02.